The number of carbonyl (C=O) groups excluding carboxylic acids is 1. The Kier molecular flexibility index (Phi) is 8.16. The number of aryl methyl sites for hydroxylation is 1. The van der Waals surface area contributed by atoms with E-state index in [4.69, 9.17) is 5.73 Å². The lowest BCUT2D eigenvalue weighted by Gasteiger charge is -2.15. The Morgan fingerprint density at radius 1 is 1.33 bits per heavy atom. The number of amides is 1. The second-order valence-electron chi connectivity index (χ2n) is 5.83. The summed E-state index contributed by atoms with van der Waals surface area (Å²) in [6.07, 6.45) is 1.79. The zero-order chi connectivity index (χ0) is 15.5. The highest BCUT2D eigenvalue weighted by molar-refractivity contribution is 7.13. The fourth-order valence-electron chi connectivity index (χ4n) is 2.85. The molecule has 2 N–H and O–H groups in total. The van der Waals surface area contributed by atoms with Crippen molar-refractivity contribution in [3.05, 3.63) is 51.5 Å². The minimum absolute atomic E-state index is 0. The molecular weight excluding hydrogens is 365 g/mol. The molecule has 0 saturated carbocycles. The zero-order valence-electron chi connectivity index (χ0n) is 13.6. The normalized spacial score (nSPS) is 16.4. The highest BCUT2D eigenvalue weighted by Crippen LogP contribution is 2.25. The molecule has 24 heavy (non-hydrogen) atoms. The molecule has 1 aromatic carbocycles. The van der Waals surface area contributed by atoms with Crippen LogP contribution in [0.4, 0.5) is 0 Å². The van der Waals surface area contributed by atoms with Crippen LogP contribution in [0, 0.1) is 12.8 Å². The Bertz CT molecular complexity index is 663. The molecular formula is C17H23Cl2N3OS. The molecule has 2 aromatic rings. The second-order valence-corrected chi connectivity index (χ2v) is 6.91. The number of hydrogen-bond acceptors (Lipinski definition) is 4. The quantitative estimate of drug-likeness (QED) is 0.874. The summed E-state index contributed by atoms with van der Waals surface area (Å²) in [4.78, 5) is 19.9. The minimum atomic E-state index is 0. The van der Waals surface area contributed by atoms with E-state index in [0.29, 0.717) is 12.5 Å². The Balaban J connectivity index is 0.00000144. The second kappa shape index (κ2) is 9.37. The highest BCUT2D eigenvalue weighted by Gasteiger charge is 2.28. The van der Waals surface area contributed by atoms with Gasteiger partial charge in [0.25, 0.3) is 5.91 Å². The summed E-state index contributed by atoms with van der Waals surface area (Å²) in [5.41, 5.74) is 7.77. The summed E-state index contributed by atoms with van der Waals surface area (Å²) in [6.45, 7) is 4.17. The maximum atomic E-state index is 12.7. The molecule has 1 aliphatic rings. The third kappa shape index (κ3) is 4.70. The molecule has 0 radical (unpaired) electrons. The van der Waals surface area contributed by atoms with E-state index in [-0.39, 0.29) is 30.7 Å². The fourth-order valence-corrected chi connectivity index (χ4v) is 3.92. The van der Waals surface area contributed by atoms with Gasteiger partial charge in [0.1, 0.15) is 4.88 Å². The summed E-state index contributed by atoms with van der Waals surface area (Å²) in [7, 11) is 0. The molecule has 1 fully saturated rings. The molecule has 1 unspecified atom stereocenters. The number of likely N-dealkylation sites (tertiary alicyclic amines) is 1. The molecule has 1 aromatic heterocycles. The van der Waals surface area contributed by atoms with Crippen LogP contribution in [0.3, 0.4) is 0 Å². The van der Waals surface area contributed by atoms with Crippen molar-refractivity contribution in [2.24, 2.45) is 11.7 Å². The van der Waals surface area contributed by atoms with Crippen LogP contribution in [0.15, 0.2) is 30.3 Å². The molecule has 0 bridgehead atoms. The minimum Gasteiger partial charge on any atom is -0.338 e. The van der Waals surface area contributed by atoms with Crippen molar-refractivity contribution in [3.63, 3.8) is 0 Å². The van der Waals surface area contributed by atoms with Gasteiger partial charge in [-0.05, 0) is 31.4 Å². The Hall–Kier alpha value is -1.14. The average molecular weight is 388 g/mol. The monoisotopic (exact) mass is 387 g/mol. The van der Waals surface area contributed by atoms with E-state index in [1.807, 2.05) is 30.0 Å². The summed E-state index contributed by atoms with van der Waals surface area (Å²) < 4.78 is 0. The van der Waals surface area contributed by atoms with E-state index in [9.17, 15) is 4.79 Å². The first kappa shape index (κ1) is 20.9. The lowest BCUT2D eigenvalue weighted by molar-refractivity contribution is 0.0791. The first-order valence-corrected chi connectivity index (χ1v) is 8.48. The smallest absolute Gasteiger partial charge is 0.265 e. The van der Waals surface area contributed by atoms with Gasteiger partial charge in [-0.3, -0.25) is 4.79 Å². The summed E-state index contributed by atoms with van der Waals surface area (Å²) >= 11 is 1.52. The number of thiazole rings is 1. The first-order valence-electron chi connectivity index (χ1n) is 7.67. The average Bonchev–Trinajstić information content (AvgIpc) is 3.14. The van der Waals surface area contributed by atoms with Crippen molar-refractivity contribution >= 4 is 42.1 Å². The molecule has 132 valence electrons. The standard InChI is InChI=1S/C17H21N3OS.2ClH/c1-12-16(17(21)20-8-7-14(10-18)11-20)22-15(19-12)9-13-5-3-2-4-6-13;;/h2-6,14H,7-11,18H2,1H3;2*1H. The third-order valence-corrected chi connectivity index (χ3v) is 5.29. The van der Waals surface area contributed by atoms with Gasteiger partial charge >= 0.3 is 0 Å². The molecule has 0 spiro atoms. The highest BCUT2D eigenvalue weighted by atomic mass is 35.5. The van der Waals surface area contributed by atoms with Crippen molar-refractivity contribution in [3.8, 4) is 0 Å². The Morgan fingerprint density at radius 2 is 2.04 bits per heavy atom. The third-order valence-electron chi connectivity index (χ3n) is 4.14. The van der Waals surface area contributed by atoms with Crippen LogP contribution in [-0.2, 0) is 6.42 Å². The van der Waals surface area contributed by atoms with Crippen molar-refractivity contribution < 1.29 is 4.79 Å². The van der Waals surface area contributed by atoms with Crippen LogP contribution in [0.5, 0.6) is 0 Å². The molecule has 1 saturated heterocycles. The van der Waals surface area contributed by atoms with Crippen LogP contribution < -0.4 is 5.73 Å². The maximum absolute atomic E-state index is 12.7. The molecule has 2 heterocycles. The lowest BCUT2D eigenvalue weighted by Crippen LogP contribution is -2.29. The summed E-state index contributed by atoms with van der Waals surface area (Å²) in [5, 5.41) is 1.00. The van der Waals surface area contributed by atoms with Crippen LogP contribution in [0.1, 0.15) is 32.4 Å². The number of nitrogens with zero attached hydrogens (tertiary/aromatic N) is 2. The lowest BCUT2D eigenvalue weighted by atomic mass is 10.1. The predicted octanol–water partition coefficient (Wildman–Crippen LogP) is 3.31. The molecule has 3 rings (SSSR count). The summed E-state index contributed by atoms with van der Waals surface area (Å²) in [6, 6.07) is 10.2. The Labute approximate surface area is 159 Å². The molecule has 4 nitrogen and oxygen atoms in total. The molecule has 1 amide bonds. The van der Waals surface area contributed by atoms with Gasteiger partial charge in [0, 0.05) is 19.5 Å². The van der Waals surface area contributed by atoms with Crippen LogP contribution in [0.25, 0.3) is 0 Å². The number of hydrogen-bond donors (Lipinski definition) is 1. The Morgan fingerprint density at radius 3 is 2.67 bits per heavy atom. The van der Waals surface area contributed by atoms with Crippen LogP contribution in [0.2, 0.25) is 0 Å². The number of nitrogens with two attached hydrogens (primary N) is 1. The topological polar surface area (TPSA) is 59.2 Å². The molecule has 1 atom stereocenters. The predicted molar refractivity (Wildman–Crippen MR) is 104 cm³/mol. The number of carbonyl (C=O) groups is 1. The molecule has 1 aliphatic heterocycles. The van der Waals surface area contributed by atoms with Gasteiger partial charge in [-0.15, -0.1) is 36.2 Å². The number of aromatic nitrogens is 1. The van der Waals surface area contributed by atoms with E-state index in [1.165, 1.54) is 16.9 Å². The van der Waals surface area contributed by atoms with Crippen molar-refractivity contribution in [2.45, 2.75) is 19.8 Å². The van der Waals surface area contributed by atoms with Gasteiger partial charge < -0.3 is 10.6 Å². The van der Waals surface area contributed by atoms with Gasteiger partial charge in [-0.25, -0.2) is 4.98 Å². The first-order chi connectivity index (χ1) is 10.7. The van der Waals surface area contributed by atoms with Gasteiger partial charge in [-0.1, -0.05) is 30.3 Å². The number of benzene rings is 1. The number of rotatable bonds is 4. The van der Waals surface area contributed by atoms with Crippen LogP contribution in [-0.4, -0.2) is 35.4 Å². The van der Waals surface area contributed by atoms with Gasteiger partial charge in [0.05, 0.1) is 10.7 Å². The van der Waals surface area contributed by atoms with Gasteiger partial charge in [0.2, 0.25) is 0 Å². The zero-order valence-corrected chi connectivity index (χ0v) is 16.1. The number of halogens is 2. The van der Waals surface area contributed by atoms with E-state index >= 15 is 0 Å². The van der Waals surface area contributed by atoms with E-state index in [1.54, 1.807) is 0 Å². The van der Waals surface area contributed by atoms with Crippen molar-refractivity contribution in [1.82, 2.24) is 9.88 Å². The van der Waals surface area contributed by atoms with E-state index < -0.39 is 0 Å². The van der Waals surface area contributed by atoms with Gasteiger partial charge in [-0.2, -0.15) is 0 Å². The van der Waals surface area contributed by atoms with Crippen molar-refractivity contribution in [1.29, 1.82) is 0 Å². The largest absolute Gasteiger partial charge is 0.338 e. The molecule has 7 heteroatoms. The molecule has 0 aliphatic carbocycles. The van der Waals surface area contributed by atoms with Crippen LogP contribution >= 0.6 is 36.2 Å². The maximum Gasteiger partial charge on any atom is 0.265 e. The summed E-state index contributed by atoms with van der Waals surface area (Å²) in [5.74, 6) is 0.561. The van der Waals surface area contributed by atoms with E-state index in [0.717, 1.165) is 41.5 Å². The van der Waals surface area contributed by atoms with Gasteiger partial charge in [0.15, 0.2) is 0 Å². The fraction of sp³-hybridized carbons (Fsp3) is 0.412. The van der Waals surface area contributed by atoms with E-state index in [2.05, 4.69) is 17.1 Å². The van der Waals surface area contributed by atoms with Crippen molar-refractivity contribution in [2.75, 3.05) is 19.6 Å². The SMILES string of the molecule is Cc1nc(Cc2ccccc2)sc1C(=O)N1CCC(CN)C1.Cl.Cl.